The van der Waals surface area contributed by atoms with E-state index in [1.54, 1.807) is 17.3 Å². The zero-order valence-corrected chi connectivity index (χ0v) is 12.0. The van der Waals surface area contributed by atoms with Gasteiger partial charge in [0, 0.05) is 16.9 Å². The molecule has 106 valence electrons. The van der Waals surface area contributed by atoms with Gasteiger partial charge in [-0.2, -0.15) is 0 Å². The molecule has 3 heterocycles. The van der Waals surface area contributed by atoms with Crippen LogP contribution in [-0.2, 0) is 11.3 Å². The van der Waals surface area contributed by atoms with Gasteiger partial charge in [-0.15, -0.1) is 0 Å². The third-order valence-corrected chi connectivity index (χ3v) is 3.84. The van der Waals surface area contributed by atoms with E-state index in [4.69, 9.17) is 9.84 Å². The molecule has 0 atom stereocenters. The molecule has 0 unspecified atom stereocenters. The summed E-state index contributed by atoms with van der Waals surface area (Å²) in [5.74, 6) is 0. The first-order valence-electron chi connectivity index (χ1n) is 6.03. The predicted octanol–water partition coefficient (Wildman–Crippen LogP) is 1.53. The van der Waals surface area contributed by atoms with Gasteiger partial charge in [-0.1, -0.05) is 0 Å². The average molecular weight is 342 g/mol. The fourth-order valence-electron chi connectivity index (χ4n) is 2.53. The molecule has 0 aliphatic carbocycles. The molecule has 1 aromatic heterocycles. The number of carboxylic acid groups (broad SMARTS) is 1. The molecule has 2 aliphatic heterocycles. The van der Waals surface area contributed by atoms with Gasteiger partial charge in [0.25, 0.3) is 0 Å². The molecule has 0 saturated carbocycles. The lowest BCUT2D eigenvalue weighted by Gasteiger charge is -2.43. The number of hydrogen-bond donors (Lipinski definition) is 1. The van der Waals surface area contributed by atoms with E-state index in [9.17, 15) is 9.59 Å². The van der Waals surface area contributed by atoms with Crippen molar-refractivity contribution in [1.29, 1.82) is 0 Å². The maximum absolute atomic E-state index is 11.9. The normalized spacial score (nSPS) is 19.9. The number of rotatable bonds is 2. The van der Waals surface area contributed by atoms with Gasteiger partial charge in [0.15, 0.2) is 5.60 Å². The molecule has 2 amide bonds. The van der Waals surface area contributed by atoms with Gasteiger partial charge in [-0.05, 0) is 27.6 Å². The van der Waals surface area contributed by atoms with Crippen molar-refractivity contribution >= 4 is 28.1 Å². The van der Waals surface area contributed by atoms with Gasteiger partial charge < -0.3 is 14.7 Å². The summed E-state index contributed by atoms with van der Waals surface area (Å²) in [7, 11) is 0. The molecule has 2 fully saturated rings. The van der Waals surface area contributed by atoms with Crippen LogP contribution in [0.15, 0.2) is 22.9 Å². The Kier molecular flexibility index (Phi) is 3.04. The van der Waals surface area contributed by atoms with Crippen LogP contribution in [0.25, 0.3) is 0 Å². The molecule has 8 heteroatoms. The van der Waals surface area contributed by atoms with Gasteiger partial charge >= 0.3 is 12.2 Å². The summed E-state index contributed by atoms with van der Waals surface area (Å²) >= 11 is 3.33. The topological polar surface area (TPSA) is 83.0 Å². The number of nitrogens with zero attached hydrogens (tertiary/aromatic N) is 3. The number of likely N-dealkylation sites (tertiary alicyclic amines) is 1. The van der Waals surface area contributed by atoms with E-state index in [1.807, 2.05) is 6.07 Å². The van der Waals surface area contributed by atoms with E-state index in [-0.39, 0.29) is 13.1 Å². The Labute approximate surface area is 123 Å². The minimum atomic E-state index is -0.985. The average Bonchev–Trinajstić information content (AvgIpc) is 2.65. The van der Waals surface area contributed by atoms with Crippen LogP contribution in [0.2, 0.25) is 0 Å². The van der Waals surface area contributed by atoms with Crippen LogP contribution in [-0.4, -0.2) is 57.3 Å². The van der Waals surface area contributed by atoms with Crippen molar-refractivity contribution in [3.05, 3.63) is 28.5 Å². The van der Waals surface area contributed by atoms with E-state index in [1.165, 1.54) is 4.90 Å². The molecule has 3 rings (SSSR count). The van der Waals surface area contributed by atoms with E-state index in [0.29, 0.717) is 13.1 Å². The van der Waals surface area contributed by atoms with Gasteiger partial charge in [0.1, 0.15) is 0 Å². The van der Waals surface area contributed by atoms with E-state index in [2.05, 4.69) is 20.9 Å². The smallest absolute Gasteiger partial charge is 0.410 e. The van der Waals surface area contributed by atoms with E-state index >= 15 is 0 Å². The Morgan fingerprint density at radius 2 is 2.20 bits per heavy atom. The first-order valence-corrected chi connectivity index (χ1v) is 6.82. The molecule has 1 aromatic rings. The monoisotopic (exact) mass is 341 g/mol. The van der Waals surface area contributed by atoms with Crippen molar-refractivity contribution in [1.82, 2.24) is 14.8 Å². The third-order valence-electron chi connectivity index (χ3n) is 3.40. The highest BCUT2D eigenvalue weighted by atomic mass is 79.9. The molecule has 0 aromatic carbocycles. The number of ether oxygens (including phenoxy) is 1. The molecule has 0 bridgehead atoms. The molecule has 0 radical (unpaired) electrons. The van der Waals surface area contributed by atoms with E-state index < -0.39 is 17.8 Å². The minimum absolute atomic E-state index is 0.237. The number of carbonyl (C=O) groups excluding carboxylic acids is 1. The summed E-state index contributed by atoms with van der Waals surface area (Å²) in [5.41, 5.74) is 0.220. The second-order valence-electron chi connectivity index (χ2n) is 5.06. The first kappa shape index (κ1) is 13.2. The van der Waals surface area contributed by atoms with Crippen molar-refractivity contribution in [2.75, 3.05) is 19.6 Å². The van der Waals surface area contributed by atoms with Crippen molar-refractivity contribution in [2.24, 2.45) is 0 Å². The molecule has 1 spiro atoms. The maximum Gasteiger partial charge on any atom is 0.410 e. The van der Waals surface area contributed by atoms with Crippen LogP contribution in [0, 0.1) is 0 Å². The lowest BCUT2D eigenvalue weighted by molar-refractivity contribution is -0.0609. The summed E-state index contributed by atoms with van der Waals surface area (Å²) in [5, 5.41) is 8.83. The van der Waals surface area contributed by atoms with Crippen LogP contribution in [0.5, 0.6) is 0 Å². The molecule has 1 N–H and O–H groups in total. The molecule has 7 nitrogen and oxygen atoms in total. The summed E-state index contributed by atoms with van der Waals surface area (Å²) < 4.78 is 6.18. The number of pyridine rings is 1. The third kappa shape index (κ3) is 2.31. The van der Waals surface area contributed by atoms with Crippen LogP contribution in [0.3, 0.4) is 0 Å². The number of halogens is 1. The van der Waals surface area contributed by atoms with Crippen molar-refractivity contribution in [2.45, 2.75) is 12.1 Å². The van der Waals surface area contributed by atoms with Crippen molar-refractivity contribution in [3.63, 3.8) is 0 Å². The Hall–Kier alpha value is -1.83. The van der Waals surface area contributed by atoms with Gasteiger partial charge in [0.05, 0.1) is 26.2 Å². The largest absolute Gasteiger partial charge is 0.465 e. The summed E-state index contributed by atoms with van der Waals surface area (Å²) in [6.07, 6.45) is 1.97. The SMILES string of the molecule is O=C(O)N1CC2(C1)CN(Cc1cncc(Br)c1)C(=O)O2. The summed E-state index contributed by atoms with van der Waals surface area (Å²) in [6, 6.07) is 1.88. The molecule has 2 aliphatic rings. The van der Waals surface area contributed by atoms with Crippen LogP contribution in [0.1, 0.15) is 5.56 Å². The number of aromatic nitrogens is 1. The Morgan fingerprint density at radius 1 is 1.45 bits per heavy atom. The van der Waals surface area contributed by atoms with Crippen LogP contribution >= 0.6 is 15.9 Å². The van der Waals surface area contributed by atoms with Gasteiger partial charge in [-0.3, -0.25) is 9.88 Å². The molecule has 2 saturated heterocycles. The molecular formula is C12H12BrN3O4. The molecule has 20 heavy (non-hydrogen) atoms. The fraction of sp³-hybridized carbons (Fsp3) is 0.417. The van der Waals surface area contributed by atoms with Gasteiger partial charge in [-0.25, -0.2) is 9.59 Å². The Morgan fingerprint density at radius 3 is 2.85 bits per heavy atom. The predicted molar refractivity (Wildman–Crippen MR) is 71.2 cm³/mol. The molecular weight excluding hydrogens is 330 g/mol. The highest BCUT2D eigenvalue weighted by Gasteiger charge is 2.55. The summed E-state index contributed by atoms with van der Waals surface area (Å²) in [6.45, 7) is 1.28. The maximum atomic E-state index is 11.9. The zero-order valence-electron chi connectivity index (χ0n) is 10.5. The van der Waals surface area contributed by atoms with Crippen molar-refractivity contribution in [3.8, 4) is 0 Å². The fourth-order valence-corrected chi connectivity index (χ4v) is 2.94. The highest BCUT2D eigenvalue weighted by molar-refractivity contribution is 9.10. The lowest BCUT2D eigenvalue weighted by atomic mass is 9.95. The van der Waals surface area contributed by atoms with Crippen molar-refractivity contribution < 1.29 is 19.4 Å². The second-order valence-corrected chi connectivity index (χ2v) is 5.97. The Balaban J connectivity index is 1.65. The Bertz CT molecular complexity index is 574. The van der Waals surface area contributed by atoms with E-state index in [0.717, 1.165) is 10.0 Å². The lowest BCUT2D eigenvalue weighted by Crippen LogP contribution is -2.65. The number of carbonyl (C=O) groups is 2. The highest BCUT2D eigenvalue weighted by Crippen LogP contribution is 2.33. The zero-order chi connectivity index (χ0) is 14.3. The number of hydrogen-bond acceptors (Lipinski definition) is 4. The number of amides is 2. The van der Waals surface area contributed by atoms with Gasteiger partial charge in [0.2, 0.25) is 0 Å². The van der Waals surface area contributed by atoms with Crippen LogP contribution in [0.4, 0.5) is 9.59 Å². The van der Waals surface area contributed by atoms with Crippen LogP contribution < -0.4 is 0 Å². The second kappa shape index (κ2) is 4.62. The summed E-state index contributed by atoms with van der Waals surface area (Å²) in [4.78, 5) is 29.5. The first-order chi connectivity index (χ1) is 9.47. The standard InChI is InChI=1S/C12H12BrN3O4/c13-9-1-8(2-14-3-9)4-15-5-12(20-11(15)19)6-16(7-12)10(17)18/h1-3H,4-7H2,(H,17,18). The quantitative estimate of drug-likeness (QED) is 0.881. The minimum Gasteiger partial charge on any atom is -0.465 e.